The van der Waals surface area contributed by atoms with E-state index in [2.05, 4.69) is 10.6 Å². The summed E-state index contributed by atoms with van der Waals surface area (Å²) in [6.07, 6.45) is 0.690. The van der Waals surface area contributed by atoms with Crippen molar-refractivity contribution in [2.24, 2.45) is 0 Å². The van der Waals surface area contributed by atoms with Gasteiger partial charge in [-0.15, -0.1) is 0 Å². The molecule has 8 nitrogen and oxygen atoms in total. The predicted octanol–water partition coefficient (Wildman–Crippen LogP) is 2.75. The Kier molecular flexibility index (Phi) is 7.27. The Bertz CT molecular complexity index is 1150. The average molecular weight is 437 g/mol. The maximum absolute atomic E-state index is 12.7. The molecular weight excluding hydrogens is 410 g/mol. The van der Waals surface area contributed by atoms with Crippen LogP contribution in [0.15, 0.2) is 58.1 Å². The summed E-state index contributed by atoms with van der Waals surface area (Å²) in [5, 5.41) is 25.8. The van der Waals surface area contributed by atoms with Gasteiger partial charge in [0.25, 0.3) is 16.8 Å². The number of likely N-dealkylation sites (N-methyl/N-ethyl adjacent to an activating group) is 1. The highest BCUT2D eigenvalue weighted by atomic mass is 16.3. The molecule has 0 bridgehead atoms. The SMILES string of the molecule is CC[C@@H](Nc1c(Nc2cccc(C(=O)N(CC)CCO)c2O)c(=O)c1=O)c1ccccc1. The van der Waals surface area contributed by atoms with E-state index >= 15 is 0 Å². The number of hydrogen-bond donors (Lipinski definition) is 4. The number of amides is 1. The van der Waals surface area contributed by atoms with Crippen molar-refractivity contribution >= 4 is 23.0 Å². The summed E-state index contributed by atoms with van der Waals surface area (Å²) in [7, 11) is 0. The highest BCUT2D eigenvalue weighted by molar-refractivity contribution is 5.99. The van der Waals surface area contributed by atoms with Crippen LogP contribution >= 0.6 is 0 Å². The number of aliphatic hydroxyl groups is 1. The van der Waals surface area contributed by atoms with E-state index in [0.717, 1.165) is 5.56 Å². The van der Waals surface area contributed by atoms with Crippen LogP contribution < -0.4 is 21.5 Å². The van der Waals surface area contributed by atoms with Crippen LogP contribution in [-0.4, -0.2) is 40.7 Å². The fourth-order valence-corrected chi connectivity index (χ4v) is 3.58. The second-order valence-corrected chi connectivity index (χ2v) is 7.36. The number of anilines is 3. The number of rotatable bonds is 10. The van der Waals surface area contributed by atoms with Gasteiger partial charge in [0, 0.05) is 13.1 Å². The molecule has 8 heteroatoms. The van der Waals surface area contributed by atoms with Crippen molar-refractivity contribution in [1.29, 1.82) is 0 Å². The average Bonchev–Trinajstić information content (AvgIpc) is 2.82. The monoisotopic (exact) mass is 437 g/mol. The largest absolute Gasteiger partial charge is 0.505 e. The number of carbonyl (C=O) groups excluding carboxylic acids is 1. The Morgan fingerprint density at radius 1 is 1.00 bits per heavy atom. The number of aromatic hydroxyl groups is 1. The molecule has 0 aliphatic heterocycles. The van der Waals surface area contributed by atoms with Crippen LogP contribution in [0, 0.1) is 0 Å². The van der Waals surface area contributed by atoms with Gasteiger partial charge in [0.05, 0.1) is 23.9 Å². The van der Waals surface area contributed by atoms with Crippen LogP contribution in [0.25, 0.3) is 0 Å². The van der Waals surface area contributed by atoms with Crippen LogP contribution in [0.5, 0.6) is 5.75 Å². The standard InChI is InChI=1S/C24H27N3O5/c1-3-17(15-9-6-5-7-10-15)25-19-20(23(31)22(19)30)26-18-12-8-11-16(21(18)29)24(32)27(4-2)13-14-28/h5-12,17,25-26,28-29H,3-4,13-14H2,1-2H3/t17-/m1/s1. The van der Waals surface area contributed by atoms with Crippen LogP contribution in [0.2, 0.25) is 0 Å². The number of nitrogens with one attached hydrogen (secondary N) is 2. The van der Waals surface area contributed by atoms with E-state index in [1.54, 1.807) is 13.0 Å². The number of carbonyl (C=O) groups is 1. The van der Waals surface area contributed by atoms with Crippen molar-refractivity contribution in [2.75, 3.05) is 30.3 Å². The lowest BCUT2D eigenvalue weighted by Gasteiger charge is -2.23. The lowest BCUT2D eigenvalue weighted by Crippen LogP contribution is -2.37. The quantitative estimate of drug-likeness (QED) is 0.284. The Morgan fingerprint density at radius 2 is 1.69 bits per heavy atom. The molecule has 4 N–H and O–H groups in total. The molecule has 0 aliphatic rings. The summed E-state index contributed by atoms with van der Waals surface area (Å²) >= 11 is 0. The fourth-order valence-electron chi connectivity index (χ4n) is 3.58. The van der Waals surface area contributed by atoms with Crippen molar-refractivity contribution in [1.82, 2.24) is 4.90 Å². The van der Waals surface area contributed by atoms with Crippen LogP contribution in [-0.2, 0) is 0 Å². The first-order valence-corrected chi connectivity index (χ1v) is 10.6. The van der Waals surface area contributed by atoms with Gasteiger partial charge in [-0.05, 0) is 31.0 Å². The van der Waals surface area contributed by atoms with Crippen LogP contribution in [0.1, 0.15) is 42.2 Å². The number of nitrogens with zero attached hydrogens (tertiary/aromatic N) is 1. The molecule has 0 aliphatic carbocycles. The van der Waals surface area contributed by atoms with Crippen LogP contribution in [0.4, 0.5) is 17.1 Å². The minimum atomic E-state index is -0.693. The first-order chi connectivity index (χ1) is 15.4. The van der Waals surface area contributed by atoms with Gasteiger partial charge in [-0.1, -0.05) is 43.3 Å². The zero-order chi connectivity index (χ0) is 23.3. The van der Waals surface area contributed by atoms with E-state index in [9.17, 15) is 19.5 Å². The smallest absolute Gasteiger partial charge is 0.257 e. The Balaban J connectivity index is 1.88. The highest BCUT2D eigenvalue weighted by Gasteiger charge is 2.26. The molecule has 0 heterocycles. The topological polar surface area (TPSA) is 119 Å². The van der Waals surface area contributed by atoms with Gasteiger partial charge in [0.1, 0.15) is 11.4 Å². The summed E-state index contributed by atoms with van der Waals surface area (Å²) in [6, 6.07) is 14.0. The van der Waals surface area contributed by atoms with Crippen molar-refractivity contribution in [2.45, 2.75) is 26.3 Å². The van der Waals surface area contributed by atoms with Gasteiger partial charge >= 0.3 is 0 Å². The van der Waals surface area contributed by atoms with E-state index in [1.165, 1.54) is 17.0 Å². The molecule has 168 valence electrons. The fraction of sp³-hybridized carbons (Fsp3) is 0.292. The van der Waals surface area contributed by atoms with E-state index in [-0.39, 0.29) is 47.6 Å². The third-order valence-electron chi connectivity index (χ3n) is 5.40. The molecule has 0 fully saturated rings. The number of phenolic OH excluding ortho intramolecular Hbond substituents is 1. The number of hydrogen-bond acceptors (Lipinski definition) is 7. The normalized spacial score (nSPS) is 11.8. The van der Waals surface area contributed by atoms with Crippen molar-refractivity contribution in [3.05, 3.63) is 80.1 Å². The van der Waals surface area contributed by atoms with Crippen molar-refractivity contribution < 1.29 is 15.0 Å². The summed E-state index contributed by atoms with van der Waals surface area (Å²) in [5.41, 5.74) is 0.0287. The molecule has 32 heavy (non-hydrogen) atoms. The van der Waals surface area contributed by atoms with Gasteiger partial charge in [-0.25, -0.2) is 0 Å². The van der Waals surface area contributed by atoms with Gasteiger partial charge in [0.2, 0.25) is 0 Å². The molecule has 0 saturated carbocycles. The molecule has 0 radical (unpaired) electrons. The molecular formula is C24H27N3O5. The highest BCUT2D eigenvalue weighted by Crippen LogP contribution is 2.33. The molecule has 3 rings (SSSR count). The second kappa shape index (κ2) is 10.1. The molecule has 1 atom stereocenters. The van der Waals surface area contributed by atoms with Crippen molar-refractivity contribution in [3.63, 3.8) is 0 Å². The summed E-state index contributed by atoms with van der Waals surface area (Å²) < 4.78 is 0. The predicted molar refractivity (Wildman–Crippen MR) is 125 cm³/mol. The van der Waals surface area contributed by atoms with Gasteiger partial charge in [-0.2, -0.15) is 0 Å². The lowest BCUT2D eigenvalue weighted by atomic mass is 10.0. The molecule has 3 aromatic carbocycles. The Labute approximate surface area is 185 Å². The lowest BCUT2D eigenvalue weighted by molar-refractivity contribution is 0.0729. The molecule has 0 aromatic heterocycles. The third-order valence-corrected chi connectivity index (χ3v) is 5.40. The van der Waals surface area contributed by atoms with E-state index in [0.29, 0.717) is 13.0 Å². The maximum Gasteiger partial charge on any atom is 0.257 e. The number of para-hydroxylation sites is 1. The third kappa shape index (κ3) is 4.50. The Morgan fingerprint density at radius 3 is 2.31 bits per heavy atom. The first kappa shape index (κ1) is 23.0. The van der Waals surface area contributed by atoms with Crippen LogP contribution in [0.3, 0.4) is 0 Å². The molecule has 0 unspecified atom stereocenters. The van der Waals surface area contributed by atoms with Gasteiger partial charge in [0.15, 0.2) is 5.75 Å². The summed E-state index contributed by atoms with van der Waals surface area (Å²) in [5.74, 6) is -0.774. The maximum atomic E-state index is 12.7. The zero-order valence-corrected chi connectivity index (χ0v) is 18.1. The Hall–Kier alpha value is -3.65. The summed E-state index contributed by atoms with van der Waals surface area (Å²) in [4.78, 5) is 38.6. The van der Waals surface area contributed by atoms with E-state index in [1.807, 2.05) is 37.3 Å². The minimum Gasteiger partial charge on any atom is -0.505 e. The molecule has 3 aromatic rings. The molecule has 1 amide bonds. The minimum absolute atomic E-state index is 0.0363. The summed E-state index contributed by atoms with van der Waals surface area (Å²) in [6.45, 7) is 4.04. The number of aliphatic hydroxyl groups excluding tert-OH is 1. The van der Waals surface area contributed by atoms with Gasteiger partial charge < -0.3 is 25.7 Å². The molecule has 0 saturated heterocycles. The van der Waals surface area contributed by atoms with Crippen molar-refractivity contribution in [3.8, 4) is 5.75 Å². The van der Waals surface area contributed by atoms with Gasteiger partial charge in [-0.3, -0.25) is 14.4 Å². The number of benzene rings is 2. The number of phenols is 1. The van der Waals surface area contributed by atoms with E-state index in [4.69, 9.17) is 5.11 Å². The second-order valence-electron chi connectivity index (χ2n) is 7.36. The molecule has 0 spiro atoms. The van der Waals surface area contributed by atoms with E-state index < -0.39 is 16.8 Å². The first-order valence-electron chi connectivity index (χ1n) is 10.6. The zero-order valence-electron chi connectivity index (χ0n) is 18.1.